The van der Waals surface area contributed by atoms with E-state index >= 15 is 0 Å². The smallest absolute Gasteiger partial charge is 0.261 e. The summed E-state index contributed by atoms with van der Waals surface area (Å²) in [5.74, 6) is 2.05. The van der Waals surface area contributed by atoms with Crippen LogP contribution in [0.3, 0.4) is 0 Å². The molecule has 8 heteroatoms. The van der Waals surface area contributed by atoms with Crippen LogP contribution in [0.5, 0.6) is 0 Å². The Hall–Kier alpha value is -3.03. The van der Waals surface area contributed by atoms with Crippen molar-refractivity contribution in [2.75, 3.05) is 13.1 Å². The summed E-state index contributed by atoms with van der Waals surface area (Å²) in [6.45, 7) is 1.26. The van der Waals surface area contributed by atoms with Gasteiger partial charge in [0.2, 0.25) is 17.7 Å². The van der Waals surface area contributed by atoms with Gasteiger partial charge in [-0.15, -0.1) is 10.2 Å². The van der Waals surface area contributed by atoms with Crippen LogP contribution in [0.1, 0.15) is 49.3 Å². The summed E-state index contributed by atoms with van der Waals surface area (Å²) in [7, 11) is 0. The quantitative estimate of drug-likeness (QED) is 0.689. The number of fused-ring (bicyclic) bond motifs is 1. The second kappa shape index (κ2) is 6.85. The van der Waals surface area contributed by atoms with Crippen molar-refractivity contribution in [2.45, 2.75) is 44.1 Å². The molecule has 3 heterocycles. The molecule has 0 unspecified atom stereocenters. The number of likely N-dealkylation sites (tertiary alicyclic amines) is 1. The van der Waals surface area contributed by atoms with Crippen LogP contribution in [0.4, 0.5) is 0 Å². The van der Waals surface area contributed by atoms with Gasteiger partial charge in [0.25, 0.3) is 5.56 Å². The van der Waals surface area contributed by atoms with E-state index in [9.17, 15) is 9.59 Å². The molecule has 0 N–H and O–H groups in total. The number of hydrogen-bond donors (Lipinski definition) is 0. The maximum absolute atomic E-state index is 12.7. The molecule has 5 rings (SSSR count). The van der Waals surface area contributed by atoms with Gasteiger partial charge >= 0.3 is 0 Å². The Morgan fingerprint density at radius 1 is 1.04 bits per heavy atom. The van der Waals surface area contributed by atoms with E-state index in [2.05, 4.69) is 15.2 Å². The van der Waals surface area contributed by atoms with Crippen molar-refractivity contribution in [1.29, 1.82) is 0 Å². The van der Waals surface area contributed by atoms with E-state index in [1.807, 2.05) is 6.07 Å². The van der Waals surface area contributed by atoms with Crippen LogP contribution >= 0.6 is 0 Å². The van der Waals surface area contributed by atoms with Gasteiger partial charge in [0, 0.05) is 24.9 Å². The van der Waals surface area contributed by atoms with Crippen molar-refractivity contribution in [2.24, 2.45) is 0 Å². The first-order chi connectivity index (χ1) is 13.7. The molecule has 3 aromatic rings. The number of nitrogens with zero attached hydrogens (tertiary/aromatic N) is 5. The lowest BCUT2D eigenvalue weighted by atomic mass is 9.97. The molecule has 0 spiro atoms. The molecule has 0 atom stereocenters. The number of rotatable bonds is 4. The summed E-state index contributed by atoms with van der Waals surface area (Å²) in [4.78, 5) is 31.3. The van der Waals surface area contributed by atoms with Crippen molar-refractivity contribution in [1.82, 2.24) is 24.6 Å². The molecule has 0 radical (unpaired) electrons. The molecule has 1 aromatic carbocycles. The van der Waals surface area contributed by atoms with Crippen molar-refractivity contribution in [3.05, 3.63) is 52.7 Å². The molecule has 1 saturated heterocycles. The number of benzene rings is 1. The van der Waals surface area contributed by atoms with Gasteiger partial charge in [-0.2, -0.15) is 0 Å². The largest absolute Gasteiger partial charge is 0.425 e. The van der Waals surface area contributed by atoms with Crippen LogP contribution in [0.25, 0.3) is 10.9 Å². The molecular formula is C20H21N5O3. The second-order valence-corrected chi connectivity index (χ2v) is 7.60. The van der Waals surface area contributed by atoms with Gasteiger partial charge in [0.05, 0.1) is 17.2 Å². The number of aromatic nitrogens is 4. The Labute approximate surface area is 161 Å². The Kier molecular flexibility index (Phi) is 4.18. The lowest BCUT2D eigenvalue weighted by molar-refractivity contribution is -0.133. The summed E-state index contributed by atoms with van der Waals surface area (Å²) < 4.78 is 7.20. The Balaban J connectivity index is 1.23. The highest BCUT2D eigenvalue weighted by molar-refractivity contribution is 5.79. The van der Waals surface area contributed by atoms with E-state index in [-0.39, 0.29) is 23.9 Å². The zero-order valence-electron chi connectivity index (χ0n) is 15.5. The summed E-state index contributed by atoms with van der Waals surface area (Å²) >= 11 is 0. The molecular weight excluding hydrogens is 358 g/mol. The maximum atomic E-state index is 12.7. The van der Waals surface area contributed by atoms with Crippen molar-refractivity contribution >= 4 is 16.8 Å². The molecule has 2 fully saturated rings. The Morgan fingerprint density at radius 3 is 2.43 bits per heavy atom. The predicted octanol–water partition coefficient (Wildman–Crippen LogP) is 2.06. The van der Waals surface area contributed by atoms with Crippen LogP contribution in [0, 0.1) is 0 Å². The third-order valence-electron chi connectivity index (χ3n) is 5.62. The highest BCUT2D eigenvalue weighted by Gasteiger charge is 2.32. The summed E-state index contributed by atoms with van der Waals surface area (Å²) in [6, 6.07) is 7.16. The fourth-order valence-electron chi connectivity index (χ4n) is 3.75. The van der Waals surface area contributed by atoms with Gasteiger partial charge in [0.1, 0.15) is 6.54 Å². The highest BCUT2D eigenvalue weighted by Crippen LogP contribution is 2.40. The summed E-state index contributed by atoms with van der Waals surface area (Å²) in [6.07, 6.45) is 5.31. The lowest BCUT2D eigenvalue weighted by Crippen LogP contribution is -2.41. The maximum Gasteiger partial charge on any atom is 0.261 e. The van der Waals surface area contributed by atoms with E-state index in [1.165, 1.54) is 10.9 Å². The second-order valence-electron chi connectivity index (χ2n) is 7.60. The minimum Gasteiger partial charge on any atom is -0.425 e. The highest BCUT2D eigenvalue weighted by atomic mass is 16.4. The lowest BCUT2D eigenvalue weighted by Gasteiger charge is -2.30. The average molecular weight is 379 g/mol. The van der Waals surface area contributed by atoms with Gasteiger partial charge in [-0.05, 0) is 37.8 Å². The zero-order valence-corrected chi connectivity index (χ0v) is 15.5. The fraction of sp³-hybridized carbons (Fsp3) is 0.450. The van der Waals surface area contributed by atoms with E-state index < -0.39 is 0 Å². The van der Waals surface area contributed by atoms with Crippen molar-refractivity contribution in [3.63, 3.8) is 0 Å². The Morgan fingerprint density at radius 2 is 1.71 bits per heavy atom. The van der Waals surface area contributed by atoms with Crippen molar-refractivity contribution < 1.29 is 9.21 Å². The molecule has 1 aliphatic heterocycles. The average Bonchev–Trinajstić information content (AvgIpc) is 3.47. The number of amides is 1. The molecule has 1 aliphatic carbocycles. The van der Waals surface area contributed by atoms with Crippen LogP contribution in [-0.4, -0.2) is 43.6 Å². The third kappa shape index (κ3) is 3.19. The monoisotopic (exact) mass is 379 g/mol. The standard InChI is InChI=1S/C20H21N5O3/c26-17(11-25-12-21-16-4-2-1-3-15(16)20(25)27)24-9-7-14(8-10-24)19-23-22-18(28-19)13-5-6-13/h1-4,12-14H,5-11H2. The van der Waals surface area contributed by atoms with Crippen LogP contribution in [0.2, 0.25) is 0 Å². The molecule has 1 saturated carbocycles. The molecule has 0 bridgehead atoms. The van der Waals surface area contributed by atoms with Gasteiger partial charge in [0.15, 0.2) is 0 Å². The molecule has 1 amide bonds. The van der Waals surface area contributed by atoms with Gasteiger partial charge in [-0.3, -0.25) is 14.2 Å². The zero-order chi connectivity index (χ0) is 19.1. The molecule has 2 aliphatic rings. The normalized spacial score (nSPS) is 17.9. The Bertz CT molecular complexity index is 1080. The van der Waals surface area contributed by atoms with Crippen LogP contribution in [0.15, 0.2) is 39.8 Å². The third-order valence-corrected chi connectivity index (χ3v) is 5.62. The van der Waals surface area contributed by atoms with E-state index in [1.54, 1.807) is 23.1 Å². The van der Waals surface area contributed by atoms with Gasteiger partial charge < -0.3 is 9.32 Å². The summed E-state index contributed by atoms with van der Waals surface area (Å²) in [5.41, 5.74) is 0.453. The first-order valence-corrected chi connectivity index (χ1v) is 9.74. The van der Waals surface area contributed by atoms with E-state index in [0.717, 1.165) is 31.6 Å². The van der Waals surface area contributed by atoms with Crippen molar-refractivity contribution in [3.8, 4) is 0 Å². The number of hydrogen-bond acceptors (Lipinski definition) is 6. The minimum atomic E-state index is -0.188. The minimum absolute atomic E-state index is 0.00766. The molecule has 144 valence electrons. The fourth-order valence-corrected chi connectivity index (χ4v) is 3.75. The van der Waals surface area contributed by atoms with E-state index in [0.29, 0.717) is 35.8 Å². The van der Waals surface area contributed by atoms with Gasteiger partial charge in [-0.1, -0.05) is 12.1 Å². The summed E-state index contributed by atoms with van der Waals surface area (Å²) in [5, 5.41) is 8.89. The molecule has 2 aromatic heterocycles. The number of carbonyl (C=O) groups excluding carboxylic acids is 1. The molecule has 8 nitrogen and oxygen atoms in total. The van der Waals surface area contributed by atoms with E-state index in [4.69, 9.17) is 4.42 Å². The van der Waals surface area contributed by atoms with Crippen LogP contribution < -0.4 is 5.56 Å². The number of para-hydroxylation sites is 1. The van der Waals surface area contributed by atoms with Crippen LogP contribution in [-0.2, 0) is 11.3 Å². The first-order valence-electron chi connectivity index (χ1n) is 9.74. The first kappa shape index (κ1) is 17.1. The number of carbonyl (C=O) groups is 1. The number of piperidine rings is 1. The SMILES string of the molecule is O=C(Cn1cnc2ccccc2c1=O)N1CCC(c2nnc(C3CC3)o2)CC1. The molecule has 28 heavy (non-hydrogen) atoms. The topological polar surface area (TPSA) is 94.1 Å². The predicted molar refractivity (Wildman–Crippen MR) is 101 cm³/mol. The van der Waals surface area contributed by atoms with Gasteiger partial charge in [-0.25, -0.2) is 4.98 Å².